The van der Waals surface area contributed by atoms with Crippen LogP contribution in [0.3, 0.4) is 0 Å². The highest BCUT2D eigenvalue weighted by Gasteiger charge is 2.17. The lowest BCUT2D eigenvalue weighted by Crippen LogP contribution is -2.22. The number of aromatic nitrogens is 1. The van der Waals surface area contributed by atoms with Gasteiger partial charge in [0.15, 0.2) is 16.3 Å². The Morgan fingerprint density at radius 2 is 1.56 bits per heavy atom. The van der Waals surface area contributed by atoms with Crippen molar-refractivity contribution in [1.29, 1.82) is 0 Å². The summed E-state index contributed by atoms with van der Waals surface area (Å²) in [6.07, 6.45) is 0. The average molecular weight is 479 g/mol. The third-order valence-corrected chi connectivity index (χ3v) is 6.03. The van der Waals surface area contributed by atoms with Crippen LogP contribution < -0.4 is 19.0 Å². The first-order chi connectivity index (χ1) is 16.5. The van der Waals surface area contributed by atoms with Crippen LogP contribution in [0.1, 0.15) is 10.4 Å². The van der Waals surface area contributed by atoms with Crippen molar-refractivity contribution in [1.82, 2.24) is 4.57 Å². The Kier molecular flexibility index (Phi) is 6.93. The van der Waals surface area contributed by atoms with E-state index in [0.29, 0.717) is 38.9 Å². The maximum absolute atomic E-state index is 13.2. The summed E-state index contributed by atoms with van der Waals surface area (Å²) < 4.78 is 23.9. The maximum Gasteiger partial charge on any atom is 0.325 e. The third-order valence-electron chi connectivity index (χ3n) is 4.99. The molecular weight excluding hydrogens is 456 g/mol. The number of ether oxygens (including phenoxy) is 4. The first-order valence-electron chi connectivity index (χ1n) is 10.3. The van der Waals surface area contributed by atoms with Crippen LogP contribution in [0.4, 0.5) is 0 Å². The van der Waals surface area contributed by atoms with Crippen molar-refractivity contribution >= 4 is 33.4 Å². The van der Waals surface area contributed by atoms with Crippen LogP contribution in [0.5, 0.6) is 23.0 Å². The van der Waals surface area contributed by atoms with Crippen LogP contribution in [0.2, 0.25) is 0 Å². The molecule has 0 saturated carbocycles. The van der Waals surface area contributed by atoms with Gasteiger partial charge in [-0.15, -0.1) is 0 Å². The minimum atomic E-state index is -0.504. The summed E-state index contributed by atoms with van der Waals surface area (Å²) in [6, 6.07) is 19.6. The molecule has 174 valence electrons. The Bertz CT molecular complexity index is 1410. The number of hydrogen-bond donors (Lipinski definition) is 0. The number of benzene rings is 3. The Morgan fingerprint density at radius 3 is 2.26 bits per heavy atom. The van der Waals surface area contributed by atoms with E-state index in [4.69, 9.17) is 18.9 Å². The topological polar surface area (TPSA) is 88.4 Å². The summed E-state index contributed by atoms with van der Waals surface area (Å²) in [4.78, 5) is 30.0. The first-order valence-corrected chi connectivity index (χ1v) is 11.1. The standard InChI is InChI=1S/C25H22N2O6S/c1-30-20-13-18-22(14-21(20)31-2)34-25(27(18)15-23(28)32-3)26-24(29)17-11-7-8-12-19(17)33-16-9-5-4-6-10-16/h4-14H,15H2,1-3H3. The molecule has 0 aliphatic rings. The lowest BCUT2D eigenvalue weighted by atomic mass is 10.2. The van der Waals surface area contributed by atoms with Gasteiger partial charge in [0.2, 0.25) is 0 Å². The summed E-state index contributed by atoms with van der Waals surface area (Å²) in [5.74, 6) is 1.02. The van der Waals surface area contributed by atoms with Crippen molar-refractivity contribution in [2.24, 2.45) is 4.99 Å². The van der Waals surface area contributed by atoms with Gasteiger partial charge in [0.25, 0.3) is 5.91 Å². The number of esters is 1. The normalized spacial score (nSPS) is 11.3. The van der Waals surface area contributed by atoms with Crippen LogP contribution >= 0.6 is 11.3 Å². The van der Waals surface area contributed by atoms with Gasteiger partial charge in [-0.05, 0) is 24.3 Å². The van der Waals surface area contributed by atoms with Gasteiger partial charge in [-0.1, -0.05) is 41.7 Å². The number of amides is 1. The molecule has 0 radical (unpaired) electrons. The van der Waals surface area contributed by atoms with Crippen LogP contribution in [0, 0.1) is 0 Å². The largest absolute Gasteiger partial charge is 0.493 e. The van der Waals surface area contributed by atoms with E-state index in [1.807, 2.05) is 18.2 Å². The maximum atomic E-state index is 13.2. The first kappa shape index (κ1) is 23.1. The van der Waals surface area contributed by atoms with Crippen LogP contribution in [-0.2, 0) is 16.1 Å². The predicted octanol–water partition coefficient (Wildman–Crippen LogP) is 4.43. The SMILES string of the molecule is COC(=O)Cn1c(=NC(=O)c2ccccc2Oc2ccccc2)sc2cc(OC)c(OC)cc21. The highest BCUT2D eigenvalue weighted by molar-refractivity contribution is 7.16. The second-order valence-corrected chi connectivity index (χ2v) is 8.06. The molecule has 4 rings (SSSR count). The lowest BCUT2D eigenvalue weighted by Gasteiger charge is -2.09. The number of thiazole rings is 1. The van der Waals surface area contributed by atoms with E-state index in [1.165, 1.54) is 32.7 Å². The molecule has 0 atom stereocenters. The van der Waals surface area contributed by atoms with Crippen molar-refractivity contribution in [3.05, 3.63) is 77.1 Å². The van der Waals surface area contributed by atoms with Gasteiger partial charge >= 0.3 is 5.97 Å². The van der Waals surface area contributed by atoms with E-state index in [0.717, 1.165) is 4.70 Å². The number of rotatable bonds is 7. The van der Waals surface area contributed by atoms with E-state index < -0.39 is 11.9 Å². The second kappa shape index (κ2) is 10.2. The van der Waals surface area contributed by atoms with E-state index in [2.05, 4.69) is 4.99 Å². The zero-order valence-electron chi connectivity index (χ0n) is 18.8. The molecule has 9 heteroatoms. The van der Waals surface area contributed by atoms with Gasteiger partial charge in [-0.25, -0.2) is 0 Å². The fraction of sp³-hybridized carbons (Fsp3) is 0.160. The molecule has 0 bridgehead atoms. The van der Waals surface area contributed by atoms with Crippen molar-refractivity contribution in [3.8, 4) is 23.0 Å². The summed E-state index contributed by atoms with van der Waals surface area (Å²) in [5.41, 5.74) is 0.956. The van der Waals surface area contributed by atoms with E-state index in [-0.39, 0.29) is 6.54 Å². The number of hydrogen-bond acceptors (Lipinski definition) is 7. The van der Waals surface area contributed by atoms with Crippen molar-refractivity contribution < 1.29 is 28.5 Å². The molecule has 4 aromatic rings. The smallest absolute Gasteiger partial charge is 0.325 e. The van der Waals surface area contributed by atoms with Gasteiger partial charge in [0.1, 0.15) is 18.0 Å². The molecule has 1 amide bonds. The molecule has 34 heavy (non-hydrogen) atoms. The van der Waals surface area contributed by atoms with Gasteiger partial charge in [0, 0.05) is 12.1 Å². The molecule has 0 unspecified atom stereocenters. The molecule has 0 aliphatic carbocycles. The molecule has 8 nitrogen and oxygen atoms in total. The fourth-order valence-corrected chi connectivity index (χ4v) is 4.36. The molecule has 0 saturated heterocycles. The highest BCUT2D eigenvalue weighted by atomic mass is 32.1. The fourth-order valence-electron chi connectivity index (χ4n) is 3.32. The van der Waals surface area contributed by atoms with Gasteiger partial charge in [-0.3, -0.25) is 9.59 Å². The Hall–Kier alpha value is -4.11. The minimum Gasteiger partial charge on any atom is -0.493 e. The molecule has 0 aliphatic heterocycles. The Labute approximate surface area is 199 Å². The average Bonchev–Trinajstić information content (AvgIpc) is 3.19. The van der Waals surface area contributed by atoms with Crippen molar-refractivity contribution in [2.75, 3.05) is 21.3 Å². The van der Waals surface area contributed by atoms with E-state index in [9.17, 15) is 9.59 Å². The minimum absolute atomic E-state index is 0.125. The Balaban J connectivity index is 1.82. The summed E-state index contributed by atoms with van der Waals surface area (Å²) in [5, 5.41) is 0. The van der Waals surface area contributed by atoms with E-state index in [1.54, 1.807) is 53.1 Å². The van der Waals surface area contributed by atoms with Crippen LogP contribution in [0.25, 0.3) is 10.2 Å². The van der Waals surface area contributed by atoms with Gasteiger partial charge in [0.05, 0.1) is 37.1 Å². The zero-order chi connectivity index (χ0) is 24.1. The zero-order valence-corrected chi connectivity index (χ0v) is 19.6. The molecule has 0 spiro atoms. The number of fused-ring (bicyclic) bond motifs is 1. The summed E-state index contributed by atoms with van der Waals surface area (Å²) >= 11 is 1.25. The van der Waals surface area contributed by atoms with Crippen molar-refractivity contribution in [2.45, 2.75) is 6.54 Å². The van der Waals surface area contributed by atoms with Crippen LogP contribution in [-0.4, -0.2) is 37.8 Å². The second-order valence-electron chi connectivity index (χ2n) is 7.05. The number of para-hydroxylation sites is 2. The molecule has 0 N–H and O–H groups in total. The third kappa shape index (κ3) is 4.79. The number of methoxy groups -OCH3 is 3. The Morgan fingerprint density at radius 1 is 0.882 bits per heavy atom. The molecule has 1 heterocycles. The summed E-state index contributed by atoms with van der Waals surface area (Å²) in [6.45, 7) is -0.125. The van der Waals surface area contributed by atoms with E-state index >= 15 is 0 Å². The lowest BCUT2D eigenvalue weighted by molar-refractivity contribution is -0.141. The molecule has 3 aromatic carbocycles. The number of carbonyl (C=O) groups excluding carboxylic acids is 2. The van der Waals surface area contributed by atoms with Crippen LogP contribution in [0.15, 0.2) is 71.7 Å². The van der Waals surface area contributed by atoms with Crippen molar-refractivity contribution in [3.63, 3.8) is 0 Å². The molecule has 1 aromatic heterocycles. The molecular formula is C25H22N2O6S. The number of carbonyl (C=O) groups is 2. The highest BCUT2D eigenvalue weighted by Crippen LogP contribution is 2.33. The quantitative estimate of drug-likeness (QED) is 0.365. The predicted molar refractivity (Wildman–Crippen MR) is 128 cm³/mol. The monoisotopic (exact) mass is 478 g/mol. The number of nitrogens with zero attached hydrogens (tertiary/aromatic N) is 2. The molecule has 0 fully saturated rings. The van der Waals surface area contributed by atoms with Gasteiger partial charge < -0.3 is 23.5 Å². The van der Waals surface area contributed by atoms with Gasteiger partial charge in [-0.2, -0.15) is 4.99 Å². The summed E-state index contributed by atoms with van der Waals surface area (Å²) in [7, 11) is 4.37.